The molecule has 0 saturated carbocycles. The van der Waals surface area contributed by atoms with Gasteiger partial charge in [0, 0.05) is 19.1 Å². The van der Waals surface area contributed by atoms with Crippen molar-refractivity contribution in [2.24, 2.45) is 5.73 Å². The topological polar surface area (TPSA) is 107 Å². The number of anilines is 1. The number of ether oxygens (including phenoxy) is 1. The van der Waals surface area contributed by atoms with E-state index in [0.717, 1.165) is 12.8 Å². The minimum atomic E-state index is -0.514. The maximum atomic E-state index is 11.1. The molecule has 2 heterocycles. The number of methoxy groups -OCH3 is 1. The molecule has 1 aromatic heterocycles. The van der Waals surface area contributed by atoms with Crippen molar-refractivity contribution >= 4 is 11.5 Å². The molecule has 1 aromatic rings. The number of nitrogens with zero attached hydrogens (tertiary/aromatic N) is 4. The predicted molar refractivity (Wildman–Crippen MR) is 64.7 cm³/mol. The second kappa shape index (κ2) is 5.13. The van der Waals surface area contributed by atoms with Crippen molar-refractivity contribution in [2.45, 2.75) is 18.9 Å². The Morgan fingerprint density at radius 2 is 2.44 bits per heavy atom. The molecule has 0 radical (unpaired) electrons. The molecule has 1 fully saturated rings. The van der Waals surface area contributed by atoms with Crippen LogP contribution in [-0.2, 0) is 0 Å². The van der Waals surface area contributed by atoms with Gasteiger partial charge in [0.25, 0.3) is 5.88 Å². The van der Waals surface area contributed by atoms with Crippen molar-refractivity contribution in [3.05, 3.63) is 16.4 Å². The van der Waals surface area contributed by atoms with Crippen LogP contribution in [0.1, 0.15) is 12.8 Å². The summed E-state index contributed by atoms with van der Waals surface area (Å²) in [6.45, 7) is 1.16. The van der Waals surface area contributed by atoms with Crippen LogP contribution in [0.5, 0.6) is 5.88 Å². The van der Waals surface area contributed by atoms with Gasteiger partial charge < -0.3 is 15.4 Å². The predicted octanol–water partition coefficient (Wildman–Crippen LogP) is 0.321. The lowest BCUT2D eigenvalue weighted by molar-refractivity contribution is -0.385. The van der Waals surface area contributed by atoms with Crippen molar-refractivity contribution < 1.29 is 9.66 Å². The van der Waals surface area contributed by atoms with Crippen LogP contribution in [0.25, 0.3) is 0 Å². The number of hydrogen-bond donors (Lipinski definition) is 1. The van der Waals surface area contributed by atoms with Gasteiger partial charge in [-0.2, -0.15) is 4.98 Å². The highest BCUT2D eigenvalue weighted by Gasteiger charge is 2.33. The van der Waals surface area contributed by atoms with E-state index in [4.69, 9.17) is 10.5 Å². The van der Waals surface area contributed by atoms with Gasteiger partial charge in [-0.15, -0.1) is 0 Å². The first kappa shape index (κ1) is 12.5. The van der Waals surface area contributed by atoms with Crippen molar-refractivity contribution in [3.63, 3.8) is 0 Å². The minimum Gasteiger partial charge on any atom is -0.476 e. The second-order valence-corrected chi connectivity index (χ2v) is 4.04. The zero-order valence-corrected chi connectivity index (χ0v) is 10.1. The lowest BCUT2D eigenvalue weighted by Gasteiger charge is -2.24. The molecule has 2 rings (SSSR count). The summed E-state index contributed by atoms with van der Waals surface area (Å²) in [5, 5.41) is 11.1. The molecule has 8 nitrogen and oxygen atoms in total. The van der Waals surface area contributed by atoms with Crippen molar-refractivity contribution in [1.82, 2.24) is 9.97 Å². The van der Waals surface area contributed by atoms with Crippen LogP contribution >= 0.6 is 0 Å². The summed E-state index contributed by atoms with van der Waals surface area (Å²) in [5.74, 6) is 0.271. The fourth-order valence-corrected chi connectivity index (χ4v) is 2.23. The van der Waals surface area contributed by atoms with Crippen LogP contribution < -0.4 is 15.4 Å². The first-order valence-corrected chi connectivity index (χ1v) is 5.69. The fourth-order valence-electron chi connectivity index (χ4n) is 2.23. The van der Waals surface area contributed by atoms with Gasteiger partial charge in [0.2, 0.25) is 5.82 Å². The number of nitro groups is 1. The lowest BCUT2D eigenvalue weighted by atomic mass is 10.2. The van der Waals surface area contributed by atoms with E-state index in [-0.39, 0.29) is 17.6 Å². The Kier molecular flexibility index (Phi) is 3.56. The molecule has 1 atom stereocenters. The highest BCUT2D eigenvalue weighted by Crippen LogP contribution is 2.36. The van der Waals surface area contributed by atoms with Crippen LogP contribution in [0, 0.1) is 10.1 Å². The van der Waals surface area contributed by atoms with Crippen molar-refractivity contribution in [1.29, 1.82) is 0 Å². The summed E-state index contributed by atoms with van der Waals surface area (Å²) in [4.78, 5) is 20.3. The van der Waals surface area contributed by atoms with Gasteiger partial charge in [-0.05, 0) is 12.8 Å². The molecular weight excluding hydrogens is 238 g/mol. The van der Waals surface area contributed by atoms with Crippen molar-refractivity contribution in [2.75, 3.05) is 25.1 Å². The van der Waals surface area contributed by atoms with E-state index < -0.39 is 4.92 Å². The number of aromatic nitrogens is 2. The monoisotopic (exact) mass is 253 g/mol. The highest BCUT2D eigenvalue weighted by atomic mass is 16.6. The average Bonchev–Trinajstić information content (AvgIpc) is 2.85. The van der Waals surface area contributed by atoms with Gasteiger partial charge in [-0.3, -0.25) is 10.1 Å². The van der Waals surface area contributed by atoms with Gasteiger partial charge in [-0.1, -0.05) is 0 Å². The zero-order valence-electron chi connectivity index (χ0n) is 10.1. The number of rotatable bonds is 4. The summed E-state index contributed by atoms with van der Waals surface area (Å²) in [5.41, 5.74) is 5.48. The molecule has 0 aromatic carbocycles. The van der Waals surface area contributed by atoms with E-state index >= 15 is 0 Å². The van der Waals surface area contributed by atoms with Crippen LogP contribution in [0.2, 0.25) is 0 Å². The first-order chi connectivity index (χ1) is 8.69. The first-order valence-electron chi connectivity index (χ1n) is 5.69. The van der Waals surface area contributed by atoms with E-state index in [0.29, 0.717) is 18.9 Å². The van der Waals surface area contributed by atoms with Crippen LogP contribution in [0.3, 0.4) is 0 Å². The quantitative estimate of drug-likeness (QED) is 0.608. The number of hydrogen-bond acceptors (Lipinski definition) is 7. The summed E-state index contributed by atoms with van der Waals surface area (Å²) in [6.07, 6.45) is 3.14. The standard InChI is InChI=1S/C10H15N5O3/c1-18-10-8(15(16)17)9(12-6-13-10)14-4-2-3-7(14)5-11/h6-7H,2-5,11H2,1H3. The summed E-state index contributed by atoms with van der Waals surface area (Å²) in [7, 11) is 1.35. The van der Waals surface area contributed by atoms with Gasteiger partial charge in [-0.25, -0.2) is 4.98 Å². The SMILES string of the molecule is COc1ncnc(N2CCCC2CN)c1[N+](=O)[O-]. The third kappa shape index (κ3) is 2.06. The molecule has 2 N–H and O–H groups in total. The fraction of sp³-hybridized carbons (Fsp3) is 0.600. The summed E-state index contributed by atoms with van der Waals surface area (Å²) >= 11 is 0. The Morgan fingerprint density at radius 3 is 3.06 bits per heavy atom. The Hall–Kier alpha value is -1.96. The molecule has 1 aliphatic rings. The number of nitrogens with two attached hydrogens (primary N) is 1. The second-order valence-electron chi connectivity index (χ2n) is 4.04. The largest absolute Gasteiger partial charge is 0.476 e. The third-order valence-electron chi connectivity index (χ3n) is 3.07. The molecule has 1 saturated heterocycles. The van der Waals surface area contributed by atoms with Crippen LogP contribution in [-0.4, -0.2) is 41.1 Å². The Balaban J connectivity index is 2.46. The minimum absolute atomic E-state index is 0.0207. The van der Waals surface area contributed by atoms with E-state index in [2.05, 4.69) is 9.97 Å². The molecule has 18 heavy (non-hydrogen) atoms. The molecule has 1 unspecified atom stereocenters. The maximum absolute atomic E-state index is 11.1. The normalized spacial score (nSPS) is 19.0. The van der Waals surface area contributed by atoms with Gasteiger partial charge in [0.15, 0.2) is 0 Å². The summed E-state index contributed by atoms with van der Waals surface area (Å²) in [6, 6.07) is 0.0864. The molecule has 0 amide bonds. The maximum Gasteiger partial charge on any atom is 0.372 e. The van der Waals surface area contributed by atoms with Crippen LogP contribution in [0.4, 0.5) is 11.5 Å². The van der Waals surface area contributed by atoms with Crippen molar-refractivity contribution in [3.8, 4) is 5.88 Å². The molecule has 1 aliphatic heterocycles. The molecule has 0 bridgehead atoms. The molecule has 0 aliphatic carbocycles. The highest BCUT2D eigenvalue weighted by molar-refractivity contribution is 5.63. The smallest absolute Gasteiger partial charge is 0.372 e. The van der Waals surface area contributed by atoms with E-state index in [1.807, 2.05) is 4.90 Å². The Morgan fingerprint density at radius 1 is 1.67 bits per heavy atom. The van der Waals surface area contributed by atoms with Gasteiger partial charge >= 0.3 is 5.69 Å². The Labute approximate surface area is 104 Å². The molecular formula is C10H15N5O3. The van der Waals surface area contributed by atoms with E-state index in [1.165, 1.54) is 13.4 Å². The molecule has 0 spiro atoms. The third-order valence-corrected chi connectivity index (χ3v) is 3.07. The average molecular weight is 253 g/mol. The summed E-state index contributed by atoms with van der Waals surface area (Å²) < 4.78 is 4.93. The van der Waals surface area contributed by atoms with E-state index in [9.17, 15) is 10.1 Å². The molecule has 98 valence electrons. The lowest BCUT2D eigenvalue weighted by Crippen LogP contribution is -2.36. The molecule has 8 heteroatoms. The van der Waals surface area contributed by atoms with E-state index in [1.54, 1.807) is 0 Å². The Bertz CT molecular complexity index is 453. The van der Waals surface area contributed by atoms with Gasteiger partial charge in [0.05, 0.1) is 12.0 Å². The van der Waals surface area contributed by atoms with Gasteiger partial charge in [0.1, 0.15) is 6.33 Å². The zero-order chi connectivity index (χ0) is 13.1. The van der Waals surface area contributed by atoms with Crippen LogP contribution in [0.15, 0.2) is 6.33 Å².